The maximum absolute atomic E-state index is 5.96. The molecule has 0 aromatic heterocycles. The van der Waals surface area contributed by atoms with Gasteiger partial charge >= 0.3 is 0 Å². The van der Waals surface area contributed by atoms with Gasteiger partial charge in [-0.1, -0.05) is 30.2 Å². The van der Waals surface area contributed by atoms with Gasteiger partial charge in [-0.3, -0.25) is 0 Å². The molecule has 0 unspecified atom stereocenters. The molecule has 0 saturated heterocycles. The third-order valence-corrected chi connectivity index (χ3v) is 4.63. The Balaban J connectivity index is 0.00000120. The van der Waals surface area contributed by atoms with Gasteiger partial charge in [0, 0.05) is 11.1 Å². The quantitative estimate of drug-likeness (QED) is 0.849. The molecule has 2 saturated carbocycles. The van der Waals surface area contributed by atoms with Crippen LogP contribution in [0.3, 0.4) is 0 Å². The summed E-state index contributed by atoms with van der Waals surface area (Å²) < 4.78 is 0. The zero-order valence-electron chi connectivity index (χ0n) is 10.6. The second-order valence-electron chi connectivity index (χ2n) is 5.62. The van der Waals surface area contributed by atoms with E-state index in [2.05, 4.69) is 17.4 Å². The van der Waals surface area contributed by atoms with Crippen LogP contribution in [0, 0.1) is 0 Å². The molecule has 100 valence electrons. The van der Waals surface area contributed by atoms with E-state index in [1.54, 1.807) is 0 Å². The average Bonchev–Trinajstić information content (AvgIpc) is 3.08. The Kier molecular flexibility index (Phi) is 4.58. The summed E-state index contributed by atoms with van der Waals surface area (Å²) in [6.45, 7) is 1.17. The largest absolute Gasteiger partial charge is 0.314 e. The van der Waals surface area contributed by atoms with Gasteiger partial charge in [-0.15, -0.1) is 12.4 Å². The number of rotatable bonds is 5. The molecule has 2 fully saturated rings. The highest BCUT2D eigenvalue weighted by Gasteiger charge is 2.38. The Labute approximate surface area is 121 Å². The first kappa shape index (κ1) is 14.2. The van der Waals surface area contributed by atoms with E-state index < -0.39 is 0 Å². The van der Waals surface area contributed by atoms with E-state index in [4.69, 9.17) is 11.6 Å². The van der Waals surface area contributed by atoms with Gasteiger partial charge in [-0.05, 0) is 61.8 Å². The number of hydrogen-bond donors (Lipinski definition) is 1. The van der Waals surface area contributed by atoms with Crippen molar-refractivity contribution >= 4 is 24.0 Å². The van der Waals surface area contributed by atoms with Crippen LogP contribution in [0.25, 0.3) is 0 Å². The molecule has 0 radical (unpaired) electrons. The second kappa shape index (κ2) is 5.81. The molecule has 0 atom stereocenters. The minimum atomic E-state index is 0. The van der Waals surface area contributed by atoms with Crippen molar-refractivity contribution in [2.45, 2.75) is 50.0 Å². The predicted octanol–water partition coefficient (Wildman–Crippen LogP) is 4.33. The predicted molar refractivity (Wildman–Crippen MR) is 79.9 cm³/mol. The molecule has 0 aliphatic heterocycles. The van der Waals surface area contributed by atoms with Gasteiger partial charge in [0.2, 0.25) is 0 Å². The van der Waals surface area contributed by atoms with Crippen molar-refractivity contribution in [2.24, 2.45) is 0 Å². The minimum absolute atomic E-state index is 0. The molecule has 1 nitrogen and oxygen atoms in total. The fourth-order valence-corrected chi connectivity index (χ4v) is 3.02. The molecule has 1 aromatic carbocycles. The Hall–Kier alpha value is -0.240. The summed E-state index contributed by atoms with van der Waals surface area (Å²) in [6.07, 6.45) is 8.13. The molecule has 0 heterocycles. The zero-order chi connectivity index (χ0) is 11.7. The molecular formula is C15H21Cl2N. The van der Waals surface area contributed by atoms with E-state index in [1.165, 1.54) is 50.6 Å². The minimum Gasteiger partial charge on any atom is -0.314 e. The molecular weight excluding hydrogens is 265 g/mol. The van der Waals surface area contributed by atoms with Gasteiger partial charge in [-0.2, -0.15) is 0 Å². The Morgan fingerprint density at radius 1 is 1.17 bits per heavy atom. The Morgan fingerprint density at radius 3 is 2.33 bits per heavy atom. The van der Waals surface area contributed by atoms with Crippen LogP contribution in [0.5, 0.6) is 0 Å². The number of benzene rings is 1. The summed E-state index contributed by atoms with van der Waals surface area (Å²) in [6, 6.07) is 9.34. The molecule has 0 bridgehead atoms. The highest BCUT2D eigenvalue weighted by Crippen LogP contribution is 2.46. The van der Waals surface area contributed by atoms with Crippen molar-refractivity contribution in [2.75, 3.05) is 6.54 Å². The van der Waals surface area contributed by atoms with Gasteiger partial charge < -0.3 is 5.32 Å². The van der Waals surface area contributed by atoms with Gasteiger partial charge in [0.25, 0.3) is 0 Å². The van der Waals surface area contributed by atoms with Crippen LogP contribution in [-0.2, 0) is 5.41 Å². The summed E-state index contributed by atoms with van der Waals surface area (Å²) in [4.78, 5) is 0. The third kappa shape index (κ3) is 3.01. The van der Waals surface area contributed by atoms with Crippen molar-refractivity contribution in [3.63, 3.8) is 0 Å². The van der Waals surface area contributed by atoms with Crippen LogP contribution < -0.4 is 5.32 Å². The van der Waals surface area contributed by atoms with Gasteiger partial charge in [0.15, 0.2) is 0 Å². The Morgan fingerprint density at radius 2 is 1.83 bits per heavy atom. The van der Waals surface area contributed by atoms with Crippen molar-refractivity contribution < 1.29 is 0 Å². The molecule has 3 rings (SSSR count). The van der Waals surface area contributed by atoms with Crippen molar-refractivity contribution in [3.8, 4) is 0 Å². The molecule has 0 spiro atoms. The fraction of sp³-hybridized carbons (Fsp3) is 0.600. The summed E-state index contributed by atoms with van der Waals surface area (Å²) in [5.74, 6) is 0. The zero-order valence-corrected chi connectivity index (χ0v) is 12.2. The maximum atomic E-state index is 5.96. The van der Waals surface area contributed by atoms with E-state index >= 15 is 0 Å². The van der Waals surface area contributed by atoms with Crippen LogP contribution in [-0.4, -0.2) is 12.6 Å². The molecule has 0 amide bonds. The third-order valence-electron chi connectivity index (χ3n) is 4.38. The first-order valence-electron chi connectivity index (χ1n) is 6.78. The monoisotopic (exact) mass is 285 g/mol. The maximum Gasteiger partial charge on any atom is 0.0406 e. The summed E-state index contributed by atoms with van der Waals surface area (Å²) in [5.41, 5.74) is 1.94. The molecule has 1 N–H and O–H groups in total. The van der Waals surface area contributed by atoms with E-state index in [0.717, 1.165) is 11.1 Å². The van der Waals surface area contributed by atoms with Crippen LogP contribution in [0.15, 0.2) is 24.3 Å². The fourth-order valence-electron chi connectivity index (χ4n) is 2.89. The van der Waals surface area contributed by atoms with Crippen molar-refractivity contribution in [3.05, 3.63) is 34.9 Å². The van der Waals surface area contributed by atoms with E-state index in [9.17, 15) is 0 Å². The van der Waals surface area contributed by atoms with Crippen LogP contribution >= 0.6 is 24.0 Å². The highest BCUT2D eigenvalue weighted by atomic mass is 35.5. The smallest absolute Gasteiger partial charge is 0.0406 e. The molecule has 3 heteroatoms. The lowest BCUT2D eigenvalue weighted by atomic mass is 9.62. The highest BCUT2D eigenvalue weighted by molar-refractivity contribution is 6.30. The lowest BCUT2D eigenvalue weighted by Crippen LogP contribution is -2.37. The summed E-state index contributed by atoms with van der Waals surface area (Å²) in [7, 11) is 0. The van der Waals surface area contributed by atoms with Crippen molar-refractivity contribution in [1.82, 2.24) is 5.32 Å². The molecule has 2 aliphatic rings. The number of halogens is 2. The molecule has 2 aliphatic carbocycles. The SMILES string of the molecule is Cl.Clc1ccc(C2(CCNC3CC3)CCC2)cc1. The van der Waals surface area contributed by atoms with E-state index in [-0.39, 0.29) is 12.4 Å². The molecule has 1 aromatic rings. The Bertz CT molecular complexity index is 380. The van der Waals surface area contributed by atoms with E-state index in [0.29, 0.717) is 5.41 Å². The lowest BCUT2D eigenvalue weighted by Gasteiger charge is -2.43. The second-order valence-corrected chi connectivity index (χ2v) is 6.06. The lowest BCUT2D eigenvalue weighted by molar-refractivity contribution is 0.223. The van der Waals surface area contributed by atoms with Gasteiger partial charge in [0.1, 0.15) is 0 Å². The van der Waals surface area contributed by atoms with Crippen LogP contribution in [0.4, 0.5) is 0 Å². The topological polar surface area (TPSA) is 12.0 Å². The summed E-state index contributed by atoms with van der Waals surface area (Å²) in [5, 5.41) is 4.48. The molecule has 18 heavy (non-hydrogen) atoms. The van der Waals surface area contributed by atoms with Crippen molar-refractivity contribution in [1.29, 1.82) is 0 Å². The van der Waals surface area contributed by atoms with Gasteiger partial charge in [0.05, 0.1) is 0 Å². The first-order valence-corrected chi connectivity index (χ1v) is 7.16. The summed E-state index contributed by atoms with van der Waals surface area (Å²) >= 11 is 5.96. The van der Waals surface area contributed by atoms with Gasteiger partial charge in [-0.25, -0.2) is 0 Å². The van der Waals surface area contributed by atoms with Crippen LogP contribution in [0.2, 0.25) is 5.02 Å². The first-order chi connectivity index (χ1) is 8.28. The number of hydrogen-bond acceptors (Lipinski definition) is 1. The van der Waals surface area contributed by atoms with Crippen LogP contribution in [0.1, 0.15) is 44.1 Å². The number of nitrogens with one attached hydrogen (secondary N) is 1. The normalized spacial score (nSPS) is 20.9. The average molecular weight is 286 g/mol. The standard InChI is InChI=1S/C15H20ClN.ClH/c16-13-4-2-12(3-5-13)15(8-1-9-15)10-11-17-14-6-7-14;/h2-5,14,17H,1,6-11H2;1H. The van der Waals surface area contributed by atoms with E-state index in [1.807, 2.05) is 12.1 Å².